The first-order valence-electron chi connectivity index (χ1n) is 6.20. The fourth-order valence-corrected chi connectivity index (χ4v) is 2.40. The number of hydrogen-bond acceptors (Lipinski definition) is 3. The van der Waals surface area contributed by atoms with Crippen LogP contribution < -0.4 is 0 Å². The summed E-state index contributed by atoms with van der Waals surface area (Å²) < 4.78 is 28.7. The summed E-state index contributed by atoms with van der Waals surface area (Å²) in [6.45, 7) is 3.89. The molecule has 2 rings (SSSR count). The molecule has 0 bridgehead atoms. The molecule has 0 aromatic heterocycles. The fourth-order valence-electron chi connectivity index (χ4n) is 1.62. The van der Waals surface area contributed by atoms with Crippen LogP contribution in [0, 0.1) is 13.8 Å². The Morgan fingerprint density at radius 2 is 1.35 bits per heavy atom. The maximum absolute atomic E-state index is 11.9. The molecule has 3 nitrogen and oxygen atoms in total. The Hall–Kier alpha value is -2.07. The summed E-state index contributed by atoms with van der Waals surface area (Å²) in [5.74, 6) is 0. The van der Waals surface area contributed by atoms with Gasteiger partial charge in [0.15, 0.2) is 0 Å². The molecular formula is C16H16O3S. The normalized spacial score (nSPS) is 11.7. The van der Waals surface area contributed by atoms with Crippen molar-refractivity contribution < 1.29 is 12.6 Å². The molecule has 0 heterocycles. The third-order valence-electron chi connectivity index (χ3n) is 2.83. The van der Waals surface area contributed by atoms with E-state index in [4.69, 9.17) is 4.18 Å². The zero-order valence-corrected chi connectivity index (χ0v) is 12.2. The summed E-state index contributed by atoms with van der Waals surface area (Å²) in [6, 6.07) is 14.2. The highest BCUT2D eigenvalue weighted by atomic mass is 32.2. The van der Waals surface area contributed by atoms with Gasteiger partial charge in [0.05, 0.1) is 0 Å². The van der Waals surface area contributed by atoms with Crippen LogP contribution in [-0.4, -0.2) is 8.42 Å². The van der Waals surface area contributed by atoms with Crippen molar-refractivity contribution in [3.05, 3.63) is 71.5 Å². The van der Waals surface area contributed by atoms with E-state index in [2.05, 4.69) is 0 Å². The molecule has 4 heteroatoms. The molecule has 0 aliphatic rings. The van der Waals surface area contributed by atoms with E-state index in [-0.39, 0.29) is 4.90 Å². The number of hydrogen-bond donors (Lipinski definition) is 0. The van der Waals surface area contributed by atoms with Crippen molar-refractivity contribution in [2.75, 3.05) is 0 Å². The first-order chi connectivity index (χ1) is 9.47. The lowest BCUT2D eigenvalue weighted by Gasteiger charge is -2.03. The zero-order valence-electron chi connectivity index (χ0n) is 11.4. The Kier molecular flexibility index (Phi) is 4.25. The van der Waals surface area contributed by atoms with E-state index in [1.807, 2.05) is 38.1 Å². The van der Waals surface area contributed by atoms with Crippen LogP contribution in [0.2, 0.25) is 0 Å². The van der Waals surface area contributed by atoms with E-state index < -0.39 is 10.1 Å². The van der Waals surface area contributed by atoms with Crippen molar-refractivity contribution >= 4 is 16.2 Å². The molecule has 0 amide bonds. The largest absolute Gasteiger partial charge is 0.387 e. The van der Waals surface area contributed by atoms with E-state index in [9.17, 15) is 8.42 Å². The first-order valence-corrected chi connectivity index (χ1v) is 7.61. The van der Waals surface area contributed by atoms with Gasteiger partial charge >= 0.3 is 10.1 Å². The maximum Gasteiger partial charge on any atom is 0.338 e. The molecular weight excluding hydrogens is 272 g/mol. The van der Waals surface area contributed by atoms with Gasteiger partial charge < -0.3 is 4.18 Å². The lowest BCUT2D eigenvalue weighted by molar-refractivity contribution is 0.446. The van der Waals surface area contributed by atoms with Gasteiger partial charge in [0, 0.05) is 0 Å². The van der Waals surface area contributed by atoms with Crippen LogP contribution in [0.3, 0.4) is 0 Å². The minimum absolute atomic E-state index is 0.150. The van der Waals surface area contributed by atoms with Crippen molar-refractivity contribution in [3.63, 3.8) is 0 Å². The van der Waals surface area contributed by atoms with Crippen LogP contribution >= 0.6 is 0 Å². The molecule has 2 aromatic rings. The predicted molar refractivity (Wildman–Crippen MR) is 79.7 cm³/mol. The fraction of sp³-hybridized carbons (Fsp3) is 0.125. The monoisotopic (exact) mass is 288 g/mol. The lowest BCUT2D eigenvalue weighted by Crippen LogP contribution is -2.01. The van der Waals surface area contributed by atoms with Crippen LogP contribution in [0.1, 0.15) is 16.7 Å². The second-order valence-electron chi connectivity index (χ2n) is 4.58. The quantitative estimate of drug-likeness (QED) is 0.636. The third kappa shape index (κ3) is 3.71. The molecule has 0 unspecified atom stereocenters. The van der Waals surface area contributed by atoms with Gasteiger partial charge in [0.2, 0.25) is 0 Å². The Balaban J connectivity index is 2.09. The molecule has 0 atom stereocenters. The van der Waals surface area contributed by atoms with E-state index in [0.29, 0.717) is 0 Å². The number of aryl methyl sites for hydroxylation is 2. The Bertz CT molecular complexity index is 696. The minimum atomic E-state index is -3.74. The Morgan fingerprint density at radius 1 is 0.850 bits per heavy atom. The van der Waals surface area contributed by atoms with E-state index in [1.165, 1.54) is 18.4 Å². The molecule has 20 heavy (non-hydrogen) atoms. The topological polar surface area (TPSA) is 43.4 Å². The molecule has 104 valence electrons. The van der Waals surface area contributed by atoms with Crippen molar-refractivity contribution in [2.24, 2.45) is 0 Å². The van der Waals surface area contributed by atoms with Gasteiger partial charge in [-0.3, -0.25) is 0 Å². The SMILES string of the molecule is Cc1ccc(/C=C/OS(=O)(=O)c2ccc(C)cc2)cc1. The molecule has 0 aliphatic carbocycles. The van der Waals surface area contributed by atoms with Gasteiger partial charge in [-0.15, -0.1) is 0 Å². The highest BCUT2D eigenvalue weighted by Gasteiger charge is 2.13. The van der Waals surface area contributed by atoms with Gasteiger partial charge in [-0.25, -0.2) is 0 Å². The van der Waals surface area contributed by atoms with Crippen molar-refractivity contribution in [1.82, 2.24) is 0 Å². The van der Waals surface area contributed by atoms with Crippen LogP contribution in [-0.2, 0) is 14.3 Å². The molecule has 0 fully saturated rings. The van der Waals surface area contributed by atoms with Crippen LogP contribution in [0.25, 0.3) is 6.08 Å². The number of benzene rings is 2. The van der Waals surface area contributed by atoms with Crippen molar-refractivity contribution in [3.8, 4) is 0 Å². The second-order valence-corrected chi connectivity index (χ2v) is 6.15. The van der Waals surface area contributed by atoms with Crippen LogP contribution in [0.5, 0.6) is 0 Å². The van der Waals surface area contributed by atoms with Crippen molar-refractivity contribution in [1.29, 1.82) is 0 Å². The smallest absolute Gasteiger partial charge is 0.338 e. The predicted octanol–water partition coefficient (Wildman–Crippen LogP) is 3.68. The average Bonchev–Trinajstić information content (AvgIpc) is 2.41. The van der Waals surface area contributed by atoms with Gasteiger partial charge in [-0.05, 0) is 37.6 Å². The van der Waals surface area contributed by atoms with Gasteiger partial charge in [-0.1, -0.05) is 47.5 Å². The standard InChI is InChI=1S/C16H16O3S/c1-13-3-7-15(8-4-13)11-12-19-20(17,18)16-9-5-14(2)6-10-16/h3-12H,1-2H3/b12-11+. The second kappa shape index (κ2) is 5.92. The minimum Gasteiger partial charge on any atom is -0.387 e. The molecule has 0 aliphatic heterocycles. The molecule has 0 radical (unpaired) electrons. The Labute approximate surface area is 119 Å². The van der Waals surface area contributed by atoms with E-state index in [0.717, 1.165) is 16.7 Å². The van der Waals surface area contributed by atoms with E-state index >= 15 is 0 Å². The molecule has 0 N–H and O–H groups in total. The Morgan fingerprint density at radius 3 is 1.90 bits per heavy atom. The summed E-state index contributed by atoms with van der Waals surface area (Å²) in [5, 5.41) is 0. The molecule has 0 saturated carbocycles. The summed E-state index contributed by atoms with van der Waals surface area (Å²) in [5.41, 5.74) is 3.03. The summed E-state index contributed by atoms with van der Waals surface area (Å²) in [7, 11) is -3.74. The van der Waals surface area contributed by atoms with Gasteiger partial charge in [-0.2, -0.15) is 8.42 Å². The summed E-state index contributed by atoms with van der Waals surface area (Å²) in [4.78, 5) is 0.150. The summed E-state index contributed by atoms with van der Waals surface area (Å²) in [6.07, 6.45) is 2.81. The van der Waals surface area contributed by atoms with Crippen LogP contribution in [0.15, 0.2) is 59.7 Å². The van der Waals surface area contributed by atoms with Gasteiger partial charge in [0.1, 0.15) is 11.2 Å². The first kappa shape index (κ1) is 14.3. The third-order valence-corrected chi connectivity index (χ3v) is 4.04. The van der Waals surface area contributed by atoms with Crippen LogP contribution in [0.4, 0.5) is 0 Å². The molecule has 2 aromatic carbocycles. The molecule has 0 spiro atoms. The van der Waals surface area contributed by atoms with Crippen molar-refractivity contribution in [2.45, 2.75) is 18.7 Å². The maximum atomic E-state index is 11.9. The highest BCUT2D eigenvalue weighted by molar-refractivity contribution is 7.86. The summed E-state index contributed by atoms with van der Waals surface area (Å²) >= 11 is 0. The average molecular weight is 288 g/mol. The lowest BCUT2D eigenvalue weighted by atomic mass is 10.1. The molecule has 0 saturated heterocycles. The highest BCUT2D eigenvalue weighted by Crippen LogP contribution is 2.14. The van der Waals surface area contributed by atoms with Gasteiger partial charge in [0.25, 0.3) is 0 Å². The zero-order chi connectivity index (χ0) is 14.6. The van der Waals surface area contributed by atoms with E-state index in [1.54, 1.807) is 18.2 Å². The number of rotatable bonds is 4.